The topological polar surface area (TPSA) is 93.6 Å². The Bertz CT molecular complexity index is 1260. The monoisotopic (exact) mass is 514 g/mol. The number of carbonyl (C=O) groups excluding carboxylic acids is 2. The molecule has 0 unspecified atom stereocenters. The first-order chi connectivity index (χ1) is 17.7. The van der Waals surface area contributed by atoms with E-state index < -0.39 is 23.8 Å². The fourth-order valence-electron chi connectivity index (χ4n) is 3.88. The molecule has 0 atom stereocenters. The van der Waals surface area contributed by atoms with Crippen LogP contribution in [0.1, 0.15) is 21.6 Å². The number of hydrogen-bond acceptors (Lipinski definition) is 7. The molecule has 1 aromatic heterocycles. The fraction of sp³-hybridized carbons (Fsp3) is 0.308. The van der Waals surface area contributed by atoms with Gasteiger partial charge in [-0.05, 0) is 30.7 Å². The highest BCUT2D eigenvalue weighted by molar-refractivity contribution is 6.00. The zero-order valence-electron chi connectivity index (χ0n) is 20.0. The van der Waals surface area contributed by atoms with Gasteiger partial charge in [-0.25, -0.2) is 0 Å². The predicted octanol–water partition coefficient (Wildman–Crippen LogP) is 4.05. The van der Waals surface area contributed by atoms with Crippen LogP contribution in [0.2, 0.25) is 0 Å². The second kappa shape index (κ2) is 11.5. The van der Waals surface area contributed by atoms with Gasteiger partial charge in [0.1, 0.15) is 0 Å². The lowest BCUT2D eigenvalue weighted by atomic mass is 10.0. The Morgan fingerprint density at radius 3 is 2.51 bits per heavy atom. The molecule has 3 aromatic rings. The Hall–Kier alpha value is -3.83. The Kier molecular flexibility index (Phi) is 8.14. The third kappa shape index (κ3) is 7.34. The molecule has 1 N–H and O–H groups in total. The highest BCUT2D eigenvalue weighted by Gasteiger charge is 2.32. The molecule has 0 bridgehead atoms. The predicted molar refractivity (Wildman–Crippen MR) is 129 cm³/mol. The number of aryl methyl sites for hydroxylation is 1. The van der Waals surface area contributed by atoms with Crippen molar-refractivity contribution in [3.63, 3.8) is 0 Å². The van der Waals surface area contributed by atoms with Gasteiger partial charge in [0.2, 0.25) is 5.91 Å². The highest BCUT2D eigenvalue weighted by atomic mass is 19.4. The SMILES string of the molecule is Cc1ccccc1-c1cnc(CC(=O)c2ccc(OC(F)(F)F)c(NC(=O)CN3CCOCC3)c2)cn1. The molecule has 4 rings (SSSR count). The molecule has 2 aromatic carbocycles. The summed E-state index contributed by atoms with van der Waals surface area (Å²) in [6, 6.07) is 11.1. The van der Waals surface area contributed by atoms with E-state index in [1.165, 1.54) is 18.3 Å². The molecule has 1 saturated heterocycles. The number of anilines is 1. The zero-order chi connectivity index (χ0) is 26.4. The molecule has 1 fully saturated rings. The smallest absolute Gasteiger partial charge is 0.404 e. The molecule has 1 aliphatic heterocycles. The van der Waals surface area contributed by atoms with Crippen LogP contribution in [0.3, 0.4) is 0 Å². The molecule has 0 aliphatic carbocycles. The number of carbonyl (C=O) groups is 2. The number of morpholine rings is 1. The molecule has 37 heavy (non-hydrogen) atoms. The number of halogens is 3. The number of amides is 1. The molecule has 0 saturated carbocycles. The van der Waals surface area contributed by atoms with E-state index in [1.54, 1.807) is 6.20 Å². The van der Waals surface area contributed by atoms with Crippen LogP contribution in [-0.2, 0) is 16.0 Å². The molecule has 11 heteroatoms. The lowest BCUT2D eigenvalue weighted by molar-refractivity contribution is -0.274. The van der Waals surface area contributed by atoms with Crippen molar-refractivity contribution in [3.05, 3.63) is 71.7 Å². The molecule has 194 valence electrons. The number of nitrogens with zero attached hydrogens (tertiary/aromatic N) is 3. The second-order valence-electron chi connectivity index (χ2n) is 8.50. The first-order valence-corrected chi connectivity index (χ1v) is 11.6. The van der Waals surface area contributed by atoms with E-state index >= 15 is 0 Å². The molecule has 2 heterocycles. The van der Waals surface area contributed by atoms with E-state index in [0.29, 0.717) is 37.7 Å². The van der Waals surface area contributed by atoms with Gasteiger partial charge in [0, 0.05) is 30.4 Å². The summed E-state index contributed by atoms with van der Waals surface area (Å²) < 4.78 is 48.1. The summed E-state index contributed by atoms with van der Waals surface area (Å²) in [6.45, 7) is 3.92. The first kappa shape index (κ1) is 26.2. The maximum atomic E-state index is 12.9. The minimum absolute atomic E-state index is 0.0319. The quantitative estimate of drug-likeness (QED) is 0.454. The van der Waals surface area contributed by atoms with Crippen LogP contribution < -0.4 is 10.1 Å². The Morgan fingerprint density at radius 2 is 1.84 bits per heavy atom. The highest BCUT2D eigenvalue weighted by Crippen LogP contribution is 2.32. The third-order valence-corrected chi connectivity index (χ3v) is 5.74. The van der Waals surface area contributed by atoms with E-state index in [1.807, 2.05) is 36.1 Å². The van der Waals surface area contributed by atoms with Crippen molar-refractivity contribution >= 4 is 17.4 Å². The summed E-state index contributed by atoms with van der Waals surface area (Å²) in [5.41, 5.74) is 2.86. The number of nitrogens with one attached hydrogen (secondary N) is 1. The normalized spacial score (nSPS) is 14.3. The van der Waals surface area contributed by atoms with Crippen molar-refractivity contribution < 1.29 is 32.2 Å². The van der Waals surface area contributed by atoms with Gasteiger partial charge in [-0.2, -0.15) is 0 Å². The van der Waals surface area contributed by atoms with Crippen molar-refractivity contribution in [3.8, 4) is 17.0 Å². The van der Waals surface area contributed by atoms with E-state index in [-0.39, 0.29) is 24.2 Å². The summed E-state index contributed by atoms with van der Waals surface area (Å²) in [7, 11) is 0. The molecule has 1 amide bonds. The van der Waals surface area contributed by atoms with Gasteiger partial charge >= 0.3 is 6.36 Å². The van der Waals surface area contributed by atoms with Crippen LogP contribution in [0, 0.1) is 6.92 Å². The summed E-state index contributed by atoms with van der Waals surface area (Å²) >= 11 is 0. The standard InChI is InChI=1S/C26H25F3N4O4/c1-17-4-2-3-5-20(17)22-15-30-19(14-31-22)13-23(34)18-6-7-24(37-26(27,28)29)21(12-18)32-25(35)16-33-8-10-36-11-9-33/h2-7,12,14-15H,8-11,13,16H2,1H3,(H,32,35). The van der Waals surface area contributed by atoms with Crippen LogP contribution in [0.15, 0.2) is 54.9 Å². The number of aromatic nitrogens is 2. The largest absolute Gasteiger partial charge is 0.573 e. The van der Waals surface area contributed by atoms with Crippen LogP contribution >= 0.6 is 0 Å². The van der Waals surface area contributed by atoms with Crippen molar-refractivity contribution in [2.75, 3.05) is 38.2 Å². The van der Waals surface area contributed by atoms with Crippen LogP contribution in [-0.4, -0.2) is 65.8 Å². The van der Waals surface area contributed by atoms with Crippen LogP contribution in [0.4, 0.5) is 18.9 Å². The fourth-order valence-corrected chi connectivity index (χ4v) is 3.88. The van der Waals surface area contributed by atoms with Gasteiger partial charge in [0.05, 0.1) is 49.5 Å². The Balaban J connectivity index is 1.49. The van der Waals surface area contributed by atoms with Gasteiger partial charge in [-0.1, -0.05) is 24.3 Å². The first-order valence-electron chi connectivity index (χ1n) is 11.6. The maximum Gasteiger partial charge on any atom is 0.573 e. The lowest BCUT2D eigenvalue weighted by Gasteiger charge is -2.26. The van der Waals surface area contributed by atoms with Crippen molar-refractivity contribution in [1.82, 2.24) is 14.9 Å². The Morgan fingerprint density at radius 1 is 1.08 bits per heavy atom. The summed E-state index contributed by atoms with van der Waals surface area (Å²) in [4.78, 5) is 35.9. The molecule has 8 nitrogen and oxygen atoms in total. The van der Waals surface area contributed by atoms with Crippen molar-refractivity contribution in [1.29, 1.82) is 0 Å². The number of rotatable bonds is 8. The van der Waals surface area contributed by atoms with Crippen molar-refractivity contribution in [2.24, 2.45) is 0 Å². The third-order valence-electron chi connectivity index (χ3n) is 5.74. The molecule has 1 aliphatic rings. The van der Waals surface area contributed by atoms with Crippen molar-refractivity contribution in [2.45, 2.75) is 19.7 Å². The van der Waals surface area contributed by atoms with Gasteiger partial charge in [-0.3, -0.25) is 24.5 Å². The van der Waals surface area contributed by atoms with Gasteiger partial charge in [0.15, 0.2) is 11.5 Å². The van der Waals surface area contributed by atoms with E-state index in [2.05, 4.69) is 20.0 Å². The number of Topliss-reactive ketones (excluding diaryl/α,β-unsaturated/α-hetero) is 1. The number of alkyl halides is 3. The number of hydrogen-bond donors (Lipinski definition) is 1. The maximum absolute atomic E-state index is 12.9. The summed E-state index contributed by atoms with van der Waals surface area (Å²) in [5.74, 6) is -1.54. The number of benzene rings is 2. The minimum Gasteiger partial charge on any atom is -0.404 e. The lowest BCUT2D eigenvalue weighted by Crippen LogP contribution is -2.41. The summed E-state index contributed by atoms with van der Waals surface area (Å²) in [5, 5.41) is 2.44. The minimum atomic E-state index is -4.97. The number of ether oxygens (including phenoxy) is 2. The van der Waals surface area contributed by atoms with E-state index in [9.17, 15) is 22.8 Å². The Labute approximate surface area is 211 Å². The average molecular weight is 515 g/mol. The number of ketones is 1. The molecule has 0 radical (unpaired) electrons. The van der Waals surface area contributed by atoms with E-state index in [4.69, 9.17) is 4.74 Å². The molecule has 0 spiro atoms. The van der Waals surface area contributed by atoms with E-state index in [0.717, 1.165) is 17.2 Å². The van der Waals surface area contributed by atoms with Gasteiger partial charge in [-0.15, -0.1) is 13.2 Å². The van der Waals surface area contributed by atoms with Gasteiger partial charge in [0.25, 0.3) is 0 Å². The summed E-state index contributed by atoms with van der Waals surface area (Å²) in [6.07, 6.45) is -2.03. The van der Waals surface area contributed by atoms with Crippen LogP contribution in [0.5, 0.6) is 5.75 Å². The van der Waals surface area contributed by atoms with Gasteiger partial charge < -0.3 is 14.8 Å². The molecular weight excluding hydrogens is 489 g/mol. The van der Waals surface area contributed by atoms with Crippen LogP contribution in [0.25, 0.3) is 11.3 Å². The average Bonchev–Trinajstić information content (AvgIpc) is 2.86. The second-order valence-corrected chi connectivity index (χ2v) is 8.50. The zero-order valence-corrected chi connectivity index (χ0v) is 20.0. The molecular formula is C26H25F3N4O4.